The molecular weight excluding hydrogens is 256 g/mol. The maximum absolute atomic E-state index is 11.2. The second-order valence-electron chi connectivity index (χ2n) is 4.31. The van der Waals surface area contributed by atoms with Crippen molar-refractivity contribution in [2.75, 3.05) is 19.0 Å². The molecule has 0 heterocycles. The molecule has 0 radical (unpaired) electrons. The van der Waals surface area contributed by atoms with Gasteiger partial charge in [0, 0.05) is 23.6 Å². The van der Waals surface area contributed by atoms with Crippen LogP contribution < -0.4 is 5.32 Å². The summed E-state index contributed by atoms with van der Waals surface area (Å²) in [5.41, 5.74) is 1.23. The van der Waals surface area contributed by atoms with Crippen molar-refractivity contribution < 1.29 is 14.6 Å². The molecule has 0 saturated carbocycles. The van der Waals surface area contributed by atoms with E-state index in [0.29, 0.717) is 11.3 Å². The predicted molar refractivity (Wildman–Crippen MR) is 75.6 cm³/mol. The summed E-state index contributed by atoms with van der Waals surface area (Å²) in [5, 5.41) is 22.8. The van der Waals surface area contributed by atoms with Crippen molar-refractivity contribution in [1.29, 1.82) is 5.26 Å². The number of fused-ring (bicyclic) bond motifs is 1. The maximum atomic E-state index is 11.2. The minimum atomic E-state index is -0.986. The first-order valence-corrected chi connectivity index (χ1v) is 6.07. The molecule has 5 heteroatoms. The average molecular weight is 270 g/mol. The molecule has 20 heavy (non-hydrogen) atoms. The van der Waals surface area contributed by atoms with Gasteiger partial charge in [-0.3, -0.25) is 0 Å². The highest BCUT2D eigenvalue weighted by Gasteiger charge is 2.18. The van der Waals surface area contributed by atoms with Crippen molar-refractivity contribution in [3.63, 3.8) is 0 Å². The third kappa shape index (κ3) is 2.71. The van der Waals surface area contributed by atoms with E-state index in [1.54, 1.807) is 12.1 Å². The summed E-state index contributed by atoms with van der Waals surface area (Å²) in [6.45, 7) is 0.0592. The Morgan fingerprint density at radius 1 is 1.35 bits per heavy atom. The zero-order valence-corrected chi connectivity index (χ0v) is 11.0. The van der Waals surface area contributed by atoms with Crippen LogP contribution in [0.2, 0.25) is 0 Å². The summed E-state index contributed by atoms with van der Waals surface area (Å²) >= 11 is 0. The van der Waals surface area contributed by atoms with Crippen LogP contribution in [0.3, 0.4) is 0 Å². The Bertz CT molecular complexity index is 676. The molecule has 0 aliphatic carbocycles. The second kappa shape index (κ2) is 6.04. The lowest BCUT2D eigenvalue weighted by atomic mass is 10.0. The maximum Gasteiger partial charge on any atom is 0.328 e. The van der Waals surface area contributed by atoms with Gasteiger partial charge in [0.2, 0.25) is 0 Å². The molecule has 2 aromatic rings. The first-order chi connectivity index (χ1) is 9.67. The molecule has 0 aliphatic rings. The molecule has 0 aliphatic heterocycles. The Kier molecular flexibility index (Phi) is 4.18. The number of aliphatic carboxylic acids is 1. The summed E-state index contributed by atoms with van der Waals surface area (Å²) in [6, 6.07) is 12.1. The normalized spacial score (nSPS) is 11.8. The van der Waals surface area contributed by atoms with Crippen LogP contribution in [-0.4, -0.2) is 30.8 Å². The number of anilines is 1. The first-order valence-electron chi connectivity index (χ1n) is 6.07. The molecule has 0 amide bonds. The predicted octanol–water partition coefficient (Wildman–Crippen LogP) is 2.22. The highest BCUT2D eigenvalue weighted by Crippen LogP contribution is 2.26. The zero-order valence-electron chi connectivity index (χ0n) is 11.0. The molecule has 0 spiro atoms. The van der Waals surface area contributed by atoms with E-state index in [0.717, 1.165) is 10.8 Å². The molecule has 2 rings (SSSR count). The number of carbonyl (C=O) groups is 1. The van der Waals surface area contributed by atoms with E-state index in [1.165, 1.54) is 7.11 Å². The molecule has 1 unspecified atom stereocenters. The van der Waals surface area contributed by atoms with Gasteiger partial charge in [-0.15, -0.1) is 0 Å². The van der Waals surface area contributed by atoms with E-state index in [-0.39, 0.29) is 6.61 Å². The Hall–Kier alpha value is -2.58. The number of methoxy groups -OCH3 is 1. The number of carboxylic acids is 1. The Morgan fingerprint density at radius 3 is 2.65 bits per heavy atom. The number of hydrogen-bond donors (Lipinski definition) is 2. The van der Waals surface area contributed by atoms with Crippen LogP contribution in [0.25, 0.3) is 10.8 Å². The lowest BCUT2D eigenvalue weighted by molar-refractivity contribution is -0.139. The number of nitriles is 1. The van der Waals surface area contributed by atoms with E-state index < -0.39 is 12.0 Å². The summed E-state index contributed by atoms with van der Waals surface area (Å²) in [6.07, 6.45) is 0. The van der Waals surface area contributed by atoms with Gasteiger partial charge in [0.1, 0.15) is 6.04 Å². The van der Waals surface area contributed by atoms with Crippen molar-refractivity contribution in [1.82, 2.24) is 0 Å². The third-order valence-corrected chi connectivity index (χ3v) is 3.01. The van der Waals surface area contributed by atoms with E-state index >= 15 is 0 Å². The summed E-state index contributed by atoms with van der Waals surface area (Å²) in [5.74, 6) is -0.986. The number of ether oxygens (including phenoxy) is 1. The zero-order chi connectivity index (χ0) is 14.5. The Balaban J connectivity index is 2.45. The van der Waals surface area contributed by atoms with Gasteiger partial charge in [0.05, 0.1) is 18.2 Å². The number of benzene rings is 2. The smallest absolute Gasteiger partial charge is 0.328 e. The third-order valence-electron chi connectivity index (χ3n) is 3.01. The van der Waals surface area contributed by atoms with Crippen LogP contribution in [0, 0.1) is 11.3 Å². The largest absolute Gasteiger partial charge is 0.480 e. The highest BCUT2D eigenvalue weighted by atomic mass is 16.5. The fourth-order valence-corrected chi connectivity index (χ4v) is 2.05. The molecule has 102 valence electrons. The number of carboxylic acid groups (broad SMARTS) is 1. The summed E-state index contributed by atoms with van der Waals surface area (Å²) < 4.78 is 4.90. The van der Waals surface area contributed by atoms with E-state index in [1.807, 2.05) is 24.3 Å². The van der Waals surface area contributed by atoms with E-state index in [2.05, 4.69) is 11.4 Å². The van der Waals surface area contributed by atoms with Crippen molar-refractivity contribution in [3.05, 3.63) is 42.0 Å². The van der Waals surface area contributed by atoms with Gasteiger partial charge in [0.25, 0.3) is 0 Å². The molecule has 1 atom stereocenters. The lowest BCUT2D eigenvalue weighted by Gasteiger charge is -2.16. The Morgan fingerprint density at radius 2 is 2.05 bits per heavy atom. The van der Waals surface area contributed by atoms with Gasteiger partial charge in [0.15, 0.2) is 0 Å². The number of nitrogens with one attached hydrogen (secondary N) is 1. The van der Waals surface area contributed by atoms with Crippen LogP contribution in [0.4, 0.5) is 5.69 Å². The standard InChI is InChI=1S/C15H14N2O3/c1-20-9-14(15(18)19)17-13-7-6-10(8-16)11-4-2-3-5-12(11)13/h2-7,14,17H,9H2,1H3,(H,18,19). The van der Waals surface area contributed by atoms with E-state index in [4.69, 9.17) is 15.1 Å². The number of nitrogens with zero attached hydrogens (tertiary/aromatic N) is 1. The van der Waals surface area contributed by atoms with E-state index in [9.17, 15) is 4.79 Å². The molecule has 0 saturated heterocycles. The topological polar surface area (TPSA) is 82.3 Å². The van der Waals surface area contributed by atoms with Crippen molar-refractivity contribution in [3.8, 4) is 6.07 Å². The molecule has 0 fully saturated rings. The quantitative estimate of drug-likeness (QED) is 0.870. The van der Waals surface area contributed by atoms with Crippen LogP contribution in [0.1, 0.15) is 5.56 Å². The molecule has 2 aromatic carbocycles. The van der Waals surface area contributed by atoms with Gasteiger partial charge in [-0.05, 0) is 12.1 Å². The second-order valence-corrected chi connectivity index (χ2v) is 4.31. The highest BCUT2D eigenvalue weighted by molar-refractivity contribution is 5.98. The molecular formula is C15H14N2O3. The first kappa shape index (κ1) is 13.8. The van der Waals surface area contributed by atoms with Crippen LogP contribution in [-0.2, 0) is 9.53 Å². The molecule has 5 nitrogen and oxygen atoms in total. The minimum absolute atomic E-state index is 0.0592. The van der Waals surface area contributed by atoms with Crippen molar-refractivity contribution >= 4 is 22.4 Å². The fraction of sp³-hybridized carbons (Fsp3) is 0.200. The minimum Gasteiger partial charge on any atom is -0.480 e. The van der Waals surface area contributed by atoms with Gasteiger partial charge in [-0.1, -0.05) is 24.3 Å². The number of hydrogen-bond acceptors (Lipinski definition) is 4. The fourth-order valence-electron chi connectivity index (χ4n) is 2.05. The molecule has 0 bridgehead atoms. The molecule has 0 aromatic heterocycles. The number of rotatable bonds is 5. The van der Waals surface area contributed by atoms with Gasteiger partial charge < -0.3 is 15.2 Å². The van der Waals surface area contributed by atoms with Crippen molar-refractivity contribution in [2.45, 2.75) is 6.04 Å². The average Bonchev–Trinajstić information content (AvgIpc) is 2.46. The van der Waals surface area contributed by atoms with Crippen LogP contribution in [0.15, 0.2) is 36.4 Å². The van der Waals surface area contributed by atoms with Gasteiger partial charge >= 0.3 is 5.97 Å². The Labute approximate surface area is 116 Å². The van der Waals surface area contributed by atoms with Crippen molar-refractivity contribution in [2.24, 2.45) is 0 Å². The SMILES string of the molecule is COCC(Nc1ccc(C#N)c2ccccc12)C(=O)O. The summed E-state index contributed by atoms with van der Waals surface area (Å²) in [7, 11) is 1.45. The van der Waals surface area contributed by atoms with Gasteiger partial charge in [-0.25, -0.2) is 4.79 Å². The monoisotopic (exact) mass is 270 g/mol. The summed E-state index contributed by atoms with van der Waals surface area (Å²) in [4.78, 5) is 11.2. The van der Waals surface area contributed by atoms with Gasteiger partial charge in [-0.2, -0.15) is 5.26 Å². The lowest BCUT2D eigenvalue weighted by Crippen LogP contribution is -2.33. The molecule has 2 N–H and O–H groups in total. The van der Waals surface area contributed by atoms with Crippen LogP contribution >= 0.6 is 0 Å². The van der Waals surface area contributed by atoms with Crippen LogP contribution in [0.5, 0.6) is 0 Å².